The van der Waals surface area contributed by atoms with Gasteiger partial charge in [-0.2, -0.15) is 5.10 Å². The number of hydrogen-bond acceptors (Lipinski definition) is 5. The van der Waals surface area contributed by atoms with E-state index in [1.807, 2.05) is 56.4 Å². The summed E-state index contributed by atoms with van der Waals surface area (Å²) in [7, 11) is 1.86. The molecular weight excluding hydrogens is 388 g/mol. The highest BCUT2D eigenvalue weighted by molar-refractivity contribution is 6.31. The zero-order chi connectivity index (χ0) is 20.0. The van der Waals surface area contributed by atoms with Gasteiger partial charge in [0, 0.05) is 17.6 Å². The summed E-state index contributed by atoms with van der Waals surface area (Å²) in [5.74, 6) is 1.44. The molecule has 0 amide bonds. The Morgan fingerprint density at radius 1 is 1.07 bits per heavy atom. The van der Waals surface area contributed by atoms with Crippen molar-refractivity contribution in [3.05, 3.63) is 71.1 Å². The number of benzene rings is 2. The second kappa shape index (κ2) is 6.86. The van der Waals surface area contributed by atoms with E-state index in [4.69, 9.17) is 16.3 Å². The molecule has 0 aliphatic heterocycles. The molecule has 0 saturated heterocycles. The molecule has 3 aromatic heterocycles. The molecule has 29 heavy (non-hydrogen) atoms. The van der Waals surface area contributed by atoms with Crippen LogP contribution in [0.15, 0.2) is 55.0 Å². The van der Waals surface area contributed by atoms with Crippen LogP contribution in [0.1, 0.15) is 11.1 Å². The molecule has 0 unspecified atom stereocenters. The van der Waals surface area contributed by atoms with Gasteiger partial charge in [-0.3, -0.25) is 4.68 Å². The molecule has 5 rings (SSSR count). The Labute approximate surface area is 171 Å². The topological polar surface area (TPSA) is 70.1 Å². The Balaban J connectivity index is 1.38. The summed E-state index contributed by atoms with van der Waals surface area (Å²) in [5.41, 5.74) is 4.50. The molecule has 0 aliphatic rings. The third kappa shape index (κ3) is 3.19. The van der Waals surface area contributed by atoms with Crippen LogP contribution in [-0.4, -0.2) is 29.4 Å². The standard InChI is InChI=1S/C21H17ClN6O/c1-13-9-16(7-8-18(13)22)29-11-14-3-5-15(6-4-14)19-25-21-17-10-24-27(2)20(17)23-12-28(21)26-19/h3-10,12H,11H2,1-2H3. The second-order valence-corrected chi connectivity index (χ2v) is 7.26. The summed E-state index contributed by atoms with van der Waals surface area (Å²) in [6.45, 7) is 2.43. The van der Waals surface area contributed by atoms with Crippen molar-refractivity contribution in [3.63, 3.8) is 0 Å². The van der Waals surface area contributed by atoms with E-state index in [0.717, 1.165) is 44.1 Å². The summed E-state index contributed by atoms with van der Waals surface area (Å²) in [6, 6.07) is 13.7. The third-order valence-electron chi connectivity index (χ3n) is 4.82. The average molecular weight is 405 g/mol. The normalized spacial score (nSPS) is 11.4. The first-order valence-electron chi connectivity index (χ1n) is 9.10. The van der Waals surface area contributed by atoms with E-state index in [2.05, 4.69) is 20.2 Å². The Bertz CT molecular complexity index is 1340. The predicted octanol–water partition coefficient (Wildman–Crippen LogP) is 4.22. The van der Waals surface area contributed by atoms with Crippen LogP contribution in [0, 0.1) is 6.92 Å². The molecule has 0 radical (unpaired) electrons. The molecule has 144 valence electrons. The van der Waals surface area contributed by atoms with Crippen molar-refractivity contribution >= 4 is 28.3 Å². The van der Waals surface area contributed by atoms with Crippen molar-refractivity contribution in [2.24, 2.45) is 7.05 Å². The van der Waals surface area contributed by atoms with Gasteiger partial charge in [-0.25, -0.2) is 14.5 Å². The fourth-order valence-electron chi connectivity index (χ4n) is 3.18. The minimum Gasteiger partial charge on any atom is -0.489 e. The molecule has 2 aromatic carbocycles. The quantitative estimate of drug-likeness (QED) is 0.448. The summed E-state index contributed by atoms with van der Waals surface area (Å²) < 4.78 is 9.26. The lowest BCUT2D eigenvalue weighted by Crippen LogP contribution is -1.96. The third-order valence-corrected chi connectivity index (χ3v) is 5.24. The fourth-order valence-corrected chi connectivity index (χ4v) is 3.30. The number of nitrogens with zero attached hydrogens (tertiary/aromatic N) is 6. The molecule has 0 aliphatic carbocycles. The smallest absolute Gasteiger partial charge is 0.182 e. The first-order valence-corrected chi connectivity index (χ1v) is 9.47. The highest BCUT2D eigenvalue weighted by atomic mass is 35.5. The minimum atomic E-state index is 0.472. The van der Waals surface area contributed by atoms with Crippen LogP contribution in [0.25, 0.3) is 28.1 Å². The zero-order valence-electron chi connectivity index (χ0n) is 15.9. The lowest BCUT2D eigenvalue weighted by atomic mass is 10.1. The molecule has 8 heteroatoms. The van der Waals surface area contributed by atoms with Gasteiger partial charge in [0.25, 0.3) is 0 Å². The number of aryl methyl sites for hydroxylation is 2. The number of fused-ring (bicyclic) bond motifs is 3. The van der Waals surface area contributed by atoms with Gasteiger partial charge in [0.05, 0.1) is 11.6 Å². The van der Waals surface area contributed by atoms with Crippen LogP contribution in [-0.2, 0) is 13.7 Å². The monoisotopic (exact) mass is 404 g/mol. The van der Waals surface area contributed by atoms with Gasteiger partial charge in [-0.1, -0.05) is 35.9 Å². The van der Waals surface area contributed by atoms with Gasteiger partial charge in [-0.05, 0) is 36.2 Å². The SMILES string of the molecule is Cc1cc(OCc2ccc(-c3nc4c5cnn(C)c5ncn4n3)cc2)ccc1Cl. The van der Waals surface area contributed by atoms with Gasteiger partial charge in [0.2, 0.25) is 0 Å². The van der Waals surface area contributed by atoms with Gasteiger partial charge in [0.15, 0.2) is 17.1 Å². The van der Waals surface area contributed by atoms with Crippen LogP contribution in [0.2, 0.25) is 5.02 Å². The Morgan fingerprint density at radius 2 is 1.90 bits per heavy atom. The highest BCUT2D eigenvalue weighted by Gasteiger charge is 2.12. The van der Waals surface area contributed by atoms with Crippen LogP contribution in [0.4, 0.5) is 0 Å². The van der Waals surface area contributed by atoms with Crippen molar-refractivity contribution in [1.29, 1.82) is 0 Å². The largest absolute Gasteiger partial charge is 0.489 e. The predicted molar refractivity (Wildman–Crippen MR) is 111 cm³/mol. The van der Waals surface area contributed by atoms with Crippen molar-refractivity contribution in [3.8, 4) is 17.1 Å². The summed E-state index contributed by atoms with van der Waals surface area (Å²) in [4.78, 5) is 9.07. The van der Waals surface area contributed by atoms with Crippen molar-refractivity contribution in [1.82, 2.24) is 29.4 Å². The Morgan fingerprint density at radius 3 is 2.69 bits per heavy atom. The lowest BCUT2D eigenvalue weighted by Gasteiger charge is -2.08. The van der Waals surface area contributed by atoms with Crippen molar-refractivity contribution in [2.75, 3.05) is 0 Å². The molecule has 0 N–H and O–H groups in total. The maximum atomic E-state index is 6.06. The van der Waals surface area contributed by atoms with Crippen molar-refractivity contribution < 1.29 is 4.74 Å². The maximum Gasteiger partial charge on any atom is 0.182 e. The van der Waals surface area contributed by atoms with E-state index in [1.165, 1.54) is 0 Å². The van der Waals surface area contributed by atoms with E-state index in [-0.39, 0.29) is 0 Å². The molecule has 0 spiro atoms. The van der Waals surface area contributed by atoms with Crippen LogP contribution in [0.5, 0.6) is 5.75 Å². The summed E-state index contributed by atoms with van der Waals surface area (Å²) in [6.07, 6.45) is 3.42. The van der Waals surface area contributed by atoms with Crippen molar-refractivity contribution in [2.45, 2.75) is 13.5 Å². The van der Waals surface area contributed by atoms with E-state index >= 15 is 0 Å². The van der Waals surface area contributed by atoms with Crippen LogP contribution >= 0.6 is 11.6 Å². The van der Waals surface area contributed by atoms with Gasteiger partial charge < -0.3 is 4.74 Å². The maximum absolute atomic E-state index is 6.06. The number of hydrogen-bond donors (Lipinski definition) is 0. The van der Waals surface area contributed by atoms with E-state index in [1.54, 1.807) is 21.7 Å². The van der Waals surface area contributed by atoms with Crippen LogP contribution in [0.3, 0.4) is 0 Å². The molecule has 3 heterocycles. The number of aromatic nitrogens is 6. The Hall–Kier alpha value is -3.45. The second-order valence-electron chi connectivity index (χ2n) is 6.85. The molecule has 0 bridgehead atoms. The van der Waals surface area contributed by atoms with E-state index in [0.29, 0.717) is 12.4 Å². The Kier molecular flexibility index (Phi) is 4.17. The van der Waals surface area contributed by atoms with E-state index in [9.17, 15) is 0 Å². The average Bonchev–Trinajstić information content (AvgIpc) is 3.33. The first-order chi connectivity index (χ1) is 14.1. The van der Waals surface area contributed by atoms with Gasteiger partial charge in [0.1, 0.15) is 18.7 Å². The first kappa shape index (κ1) is 17.6. The number of ether oxygens (including phenoxy) is 1. The highest BCUT2D eigenvalue weighted by Crippen LogP contribution is 2.23. The number of halogens is 1. The molecule has 7 nitrogen and oxygen atoms in total. The van der Waals surface area contributed by atoms with E-state index < -0.39 is 0 Å². The molecule has 0 fully saturated rings. The summed E-state index contributed by atoms with van der Waals surface area (Å²) >= 11 is 6.06. The molecular formula is C21H17ClN6O. The van der Waals surface area contributed by atoms with Gasteiger partial charge >= 0.3 is 0 Å². The fraction of sp³-hybridized carbons (Fsp3) is 0.143. The molecule has 5 aromatic rings. The molecule has 0 saturated carbocycles. The number of rotatable bonds is 4. The van der Waals surface area contributed by atoms with Gasteiger partial charge in [-0.15, -0.1) is 5.10 Å². The summed E-state index contributed by atoms with van der Waals surface area (Å²) in [5, 5.41) is 10.4. The zero-order valence-corrected chi connectivity index (χ0v) is 16.6. The molecule has 0 atom stereocenters. The minimum absolute atomic E-state index is 0.472. The van der Waals surface area contributed by atoms with Crippen LogP contribution < -0.4 is 4.74 Å². The lowest BCUT2D eigenvalue weighted by molar-refractivity contribution is 0.306.